The van der Waals surface area contributed by atoms with Crippen molar-refractivity contribution in [1.29, 1.82) is 0 Å². The molecule has 0 spiro atoms. The van der Waals surface area contributed by atoms with E-state index in [1.54, 1.807) is 0 Å². The van der Waals surface area contributed by atoms with Gasteiger partial charge in [0.1, 0.15) is 0 Å². The van der Waals surface area contributed by atoms with E-state index in [1.807, 2.05) is 0 Å². The quantitative estimate of drug-likeness (QED) is 0.553. The number of hydrogen-bond donors (Lipinski definition) is 4. The second-order valence-corrected chi connectivity index (χ2v) is 11.6. The summed E-state index contributed by atoms with van der Waals surface area (Å²) >= 11 is 0. The van der Waals surface area contributed by atoms with Crippen LogP contribution in [0.2, 0.25) is 0 Å². The summed E-state index contributed by atoms with van der Waals surface area (Å²) in [4.78, 5) is 0. The van der Waals surface area contributed by atoms with Gasteiger partial charge in [0.15, 0.2) is 0 Å². The number of rotatable bonds is 1. The number of nitrogens with one attached hydrogen (secondary N) is 1. The first kappa shape index (κ1) is 19.8. The molecule has 5 fully saturated rings. The lowest BCUT2D eigenvalue weighted by Gasteiger charge is -2.65. The van der Waals surface area contributed by atoms with Gasteiger partial charge < -0.3 is 20.6 Å². The SMILES string of the molecule is C[C@]12CC[C@H](O)C[C@H]1CC[C@@H]1[C@@H]2CC[C@]2(C)[C@@](O)(C3CCCCN3)CC[C@]12O. The number of aliphatic hydroxyl groups is 3. The second-order valence-electron chi connectivity index (χ2n) is 11.6. The molecule has 0 aromatic rings. The molecule has 1 aliphatic heterocycles. The van der Waals surface area contributed by atoms with E-state index < -0.39 is 16.6 Å². The van der Waals surface area contributed by atoms with Gasteiger partial charge in [-0.1, -0.05) is 20.3 Å². The van der Waals surface area contributed by atoms with Gasteiger partial charge in [0.2, 0.25) is 0 Å². The molecule has 4 aliphatic carbocycles. The summed E-state index contributed by atoms with van der Waals surface area (Å²) < 4.78 is 0. The van der Waals surface area contributed by atoms with Crippen molar-refractivity contribution in [2.24, 2.45) is 28.6 Å². The summed E-state index contributed by atoms with van der Waals surface area (Å²) in [5, 5.41) is 38.1. The van der Waals surface area contributed by atoms with Crippen LogP contribution in [0.5, 0.6) is 0 Å². The van der Waals surface area contributed by atoms with Crippen molar-refractivity contribution >= 4 is 0 Å². The fourth-order valence-corrected chi connectivity index (χ4v) is 9.07. The third-order valence-corrected chi connectivity index (χ3v) is 10.9. The molecule has 160 valence electrons. The number of piperidine rings is 1. The van der Waals surface area contributed by atoms with Crippen molar-refractivity contribution in [3.8, 4) is 0 Å². The van der Waals surface area contributed by atoms with Gasteiger partial charge >= 0.3 is 0 Å². The van der Waals surface area contributed by atoms with Crippen LogP contribution in [0.1, 0.15) is 90.9 Å². The van der Waals surface area contributed by atoms with Gasteiger partial charge in [-0.2, -0.15) is 0 Å². The van der Waals surface area contributed by atoms with Crippen LogP contribution >= 0.6 is 0 Å². The van der Waals surface area contributed by atoms with E-state index >= 15 is 0 Å². The highest BCUT2D eigenvalue weighted by Gasteiger charge is 2.72. The molecule has 28 heavy (non-hydrogen) atoms. The van der Waals surface area contributed by atoms with E-state index in [0.717, 1.165) is 70.8 Å². The van der Waals surface area contributed by atoms with Crippen LogP contribution in [0, 0.1) is 28.6 Å². The minimum Gasteiger partial charge on any atom is -0.393 e. The first-order chi connectivity index (χ1) is 13.2. The van der Waals surface area contributed by atoms with Gasteiger partial charge in [-0.15, -0.1) is 0 Å². The van der Waals surface area contributed by atoms with Crippen LogP contribution in [0.4, 0.5) is 0 Å². The Morgan fingerprint density at radius 3 is 2.32 bits per heavy atom. The molecular formula is C24H41NO3. The predicted molar refractivity (Wildman–Crippen MR) is 110 cm³/mol. The Labute approximate surface area is 170 Å². The molecule has 4 N–H and O–H groups in total. The molecule has 5 aliphatic rings. The molecule has 1 unspecified atom stereocenters. The van der Waals surface area contributed by atoms with Crippen LogP contribution in [0.25, 0.3) is 0 Å². The maximum atomic E-state index is 12.3. The van der Waals surface area contributed by atoms with E-state index in [0.29, 0.717) is 17.8 Å². The van der Waals surface area contributed by atoms with Crippen LogP contribution in [-0.4, -0.2) is 45.2 Å². The van der Waals surface area contributed by atoms with E-state index in [1.165, 1.54) is 12.8 Å². The summed E-state index contributed by atoms with van der Waals surface area (Å²) in [6.07, 6.45) is 12.0. The fraction of sp³-hybridized carbons (Fsp3) is 1.00. The Hall–Kier alpha value is -0.160. The summed E-state index contributed by atoms with van der Waals surface area (Å²) in [6.45, 7) is 5.66. The maximum absolute atomic E-state index is 12.3. The highest BCUT2D eigenvalue weighted by molar-refractivity contribution is 5.24. The smallest absolute Gasteiger partial charge is 0.0881 e. The standard InChI is InChI=1S/C24H41NO3/c1-21-10-8-17(26)15-16(21)6-7-19-18(21)9-11-22(2)23(19,27)12-13-24(22,28)20-5-3-4-14-25-20/h16-20,25-28H,3-15H2,1-2H3/t16-,17+,18+,19-,20?,21+,22+,23+,24+/m1/s1. The third kappa shape index (κ3) is 2.38. The Kier molecular flexibility index (Phi) is 4.53. The van der Waals surface area contributed by atoms with Crippen LogP contribution in [0.3, 0.4) is 0 Å². The fourth-order valence-electron chi connectivity index (χ4n) is 9.07. The van der Waals surface area contributed by atoms with Gasteiger partial charge in [0, 0.05) is 11.5 Å². The van der Waals surface area contributed by atoms with Crippen LogP contribution < -0.4 is 5.32 Å². The van der Waals surface area contributed by atoms with E-state index in [-0.39, 0.29) is 17.6 Å². The van der Waals surface area contributed by atoms with Crippen molar-refractivity contribution in [2.75, 3.05) is 6.54 Å². The van der Waals surface area contributed by atoms with Crippen LogP contribution in [-0.2, 0) is 0 Å². The van der Waals surface area contributed by atoms with E-state index in [9.17, 15) is 15.3 Å². The lowest BCUT2D eigenvalue weighted by molar-refractivity contribution is -0.241. The first-order valence-electron chi connectivity index (χ1n) is 12.1. The lowest BCUT2D eigenvalue weighted by Crippen LogP contribution is -2.69. The van der Waals surface area contributed by atoms with Gasteiger partial charge in [-0.3, -0.25) is 0 Å². The summed E-state index contributed by atoms with van der Waals surface area (Å²) in [6, 6.07) is 0.133. The topological polar surface area (TPSA) is 72.7 Å². The Balaban J connectivity index is 1.47. The molecule has 0 aromatic carbocycles. The molecule has 4 nitrogen and oxygen atoms in total. The van der Waals surface area contributed by atoms with E-state index in [4.69, 9.17) is 0 Å². The highest BCUT2D eigenvalue weighted by Crippen LogP contribution is 2.70. The Bertz CT molecular complexity index is 621. The molecule has 9 atom stereocenters. The van der Waals surface area contributed by atoms with Crippen molar-refractivity contribution in [3.05, 3.63) is 0 Å². The van der Waals surface area contributed by atoms with Crippen molar-refractivity contribution in [1.82, 2.24) is 5.32 Å². The zero-order chi connectivity index (χ0) is 19.8. The van der Waals surface area contributed by atoms with Gasteiger partial charge in [0.25, 0.3) is 0 Å². The van der Waals surface area contributed by atoms with E-state index in [2.05, 4.69) is 19.2 Å². The lowest BCUT2D eigenvalue weighted by atomic mass is 9.42. The molecule has 0 bridgehead atoms. The summed E-state index contributed by atoms with van der Waals surface area (Å²) in [5.41, 5.74) is -1.68. The first-order valence-corrected chi connectivity index (χ1v) is 12.1. The molecule has 5 rings (SSSR count). The monoisotopic (exact) mass is 391 g/mol. The minimum absolute atomic E-state index is 0.125. The average Bonchev–Trinajstić information content (AvgIpc) is 2.91. The molecule has 4 heteroatoms. The van der Waals surface area contributed by atoms with Crippen molar-refractivity contribution < 1.29 is 15.3 Å². The summed E-state index contributed by atoms with van der Waals surface area (Å²) in [7, 11) is 0. The van der Waals surface area contributed by atoms with Crippen LogP contribution in [0.15, 0.2) is 0 Å². The zero-order valence-corrected chi connectivity index (χ0v) is 17.9. The van der Waals surface area contributed by atoms with Gasteiger partial charge in [-0.05, 0) is 100 Å². The molecular weight excluding hydrogens is 350 g/mol. The Morgan fingerprint density at radius 1 is 0.786 bits per heavy atom. The third-order valence-electron chi connectivity index (χ3n) is 10.9. The predicted octanol–water partition coefficient (Wildman–Crippen LogP) is 3.38. The van der Waals surface area contributed by atoms with Crippen molar-refractivity contribution in [3.63, 3.8) is 0 Å². The van der Waals surface area contributed by atoms with Gasteiger partial charge in [-0.25, -0.2) is 0 Å². The number of hydrogen-bond acceptors (Lipinski definition) is 4. The molecule has 0 aromatic heterocycles. The normalized spacial score (nSPS) is 59.2. The molecule has 1 heterocycles. The summed E-state index contributed by atoms with van der Waals surface area (Å²) in [5.74, 6) is 1.45. The largest absolute Gasteiger partial charge is 0.393 e. The number of fused-ring (bicyclic) bond motifs is 5. The zero-order valence-electron chi connectivity index (χ0n) is 17.9. The molecule has 0 radical (unpaired) electrons. The maximum Gasteiger partial charge on any atom is 0.0881 e. The second kappa shape index (κ2) is 6.42. The van der Waals surface area contributed by atoms with Gasteiger partial charge in [0.05, 0.1) is 17.3 Å². The number of aliphatic hydroxyl groups excluding tert-OH is 1. The molecule has 1 saturated heterocycles. The highest BCUT2D eigenvalue weighted by atomic mass is 16.3. The average molecular weight is 392 g/mol. The van der Waals surface area contributed by atoms with Crippen molar-refractivity contribution in [2.45, 2.75) is 114 Å². The molecule has 0 amide bonds. The molecule has 4 saturated carbocycles. The minimum atomic E-state index is -0.784. The Morgan fingerprint density at radius 2 is 1.57 bits per heavy atom.